The van der Waals surface area contributed by atoms with Gasteiger partial charge in [0.1, 0.15) is 5.56 Å². The van der Waals surface area contributed by atoms with E-state index in [9.17, 15) is 27.4 Å². The largest absolute Gasteiger partial charge is 0.673 e. The van der Waals surface area contributed by atoms with Crippen LogP contribution in [0.3, 0.4) is 0 Å². The summed E-state index contributed by atoms with van der Waals surface area (Å²) < 4.78 is 39.0. The van der Waals surface area contributed by atoms with Gasteiger partial charge in [-0.1, -0.05) is 23.7 Å². The first kappa shape index (κ1) is 24.5. The molecule has 0 aliphatic heterocycles. The molecular weight excluding hydrogens is 439 g/mol. The third-order valence-corrected chi connectivity index (χ3v) is 3.78. The number of nitro groups is 1. The van der Waals surface area contributed by atoms with E-state index in [1.807, 2.05) is 0 Å². The van der Waals surface area contributed by atoms with Crippen LogP contribution in [0.2, 0.25) is 0 Å². The highest BCUT2D eigenvalue weighted by atomic mass is 19.5. The highest BCUT2D eigenvalue weighted by molar-refractivity contribution is 6.50. The number of nitrogens with zero attached hydrogens (tertiary/aromatic N) is 3. The van der Waals surface area contributed by atoms with Crippen LogP contribution in [-0.4, -0.2) is 12.2 Å². The quantitative estimate of drug-likeness (QED) is 0.0966. The molecule has 0 bridgehead atoms. The van der Waals surface area contributed by atoms with Gasteiger partial charge in [-0.3, -0.25) is 10.1 Å². The van der Waals surface area contributed by atoms with Crippen LogP contribution in [-0.2, 0) is 0 Å². The molecule has 164 valence electrons. The van der Waals surface area contributed by atoms with Crippen molar-refractivity contribution in [3.63, 3.8) is 0 Å². The van der Waals surface area contributed by atoms with E-state index in [-0.39, 0.29) is 5.69 Å². The molecule has 0 saturated heterocycles. The van der Waals surface area contributed by atoms with Gasteiger partial charge in [-0.15, -0.1) is 0 Å². The van der Waals surface area contributed by atoms with E-state index in [1.165, 1.54) is 6.07 Å². The molecule has 3 rings (SSSR count). The van der Waals surface area contributed by atoms with Gasteiger partial charge >= 0.3 is 12.9 Å². The topological polar surface area (TPSA) is 97.3 Å². The van der Waals surface area contributed by atoms with Crippen LogP contribution in [0.25, 0.3) is 4.98 Å². The Kier molecular flexibility index (Phi) is 8.14. The first-order chi connectivity index (χ1) is 15.5. The Morgan fingerprint density at radius 1 is 0.818 bits per heavy atom. The minimum Gasteiger partial charge on any atom is -0.418 e. The van der Waals surface area contributed by atoms with Gasteiger partial charge in [-0.2, -0.15) is 0 Å². The molecule has 3 aromatic rings. The minimum absolute atomic E-state index is 0.112. The van der Waals surface area contributed by atoms with E-state index in [2.05, 4.69) is 28.7 Å². The Balaban J connectivity index is 0.000000696. The van der Waals surface area contributed by atoms with Crippen LogP contribution >= 0.6 is 0 Å². The fraction of sp³-hybridized carbons (Fsp3) is 0. The summed E-state index contributed by atoms with van der Waals surface area (Å²) >= 11 is 0. The monoisotopic (exact) mass is 452 g/mol. The molecule has 0 aromatic heterocycles. The molecular formula is C22H13BF4N4O2. The lowest BCUT2D eigenvalue weighted by Gasteiger charge is -1.97. The van der Waals surface area contributed by atoms with Crippen LogP contribution in [0.5, 0.6) is 0 Å². The van der Waals surface area contributed by atoms with Crippen molar-refractivity contribution in [2.45, 2.75) is 0 Å². The normalized spacial score (nSPS) is 9.67. The zero-order chi connectivity index (χ0) is 24.4. The summed E-state index contributed by atoms with van der Waals surface area (Å²) in [5.74, 6) is 11.5. The molecule has 0 heterocycles. The number of nitrogens with two attached hydrogens (primary N) is 1. The second-order valence-electron chi connectivity index (χ2n) is 6.25. The highest BCUT2D eigenvalue weighted by Gasteiger charge is 2.20. The molecule has 11 heteroatoms. The Hall–Kier alpha value is -4.82. The summed E-state index contributed by atoms with van der Waals surface area (Å²) in [6.07, 6.45) is 0. The van der Waals surface area contributed by atoms with Gasteiger partial charge in [0.25, 0.3) is 5.69 Å². The maximum atomic E-state index is 11.4. The van der Waals surface area contributed by atoms with Crippen molar-refractivity contribution in [3.8, 4) is 23.7 Å². The van der Waals surface area contributed by atoms with Gasteiger partial charge < -0.3 is 23.0 Å². The van der Waals surface area contributed by atoms with Crippen molar-refractivity contribution in [2.24, 2.45) is 0 Å². The summed E-state index contributed by atoms with van der Waals surface area (Å²) in [7, 11) is -6.00. The highest BCUT2D eigenvalue weighted by Crippen LogP contribution is 2.20. The summed E-state index contributed by atoms with van der Waals surface area (Å²) in [5.41, 5.74) is 8.79. The molecule has 3 aromatic carbocycles. The molecule has 0 aliphatic carbocycles. The standard InChI is InChI=1S/C22H13N4O2.BF4/c23-20-11-5-16(6-12-20)1-2-18-4-10-19(22(15-18)26(27)28)9-3-17-7-13-21(25-24)14-8-17;2-1(3,4)5/h4-8,10-15H,23H2;/q+1;-1. The van der Waals surface area contributed by atoms with E-state index in [0.717, 1.165) is 5.56 Å². The zero-order valence-corrected chi connectivity index (χ0v) is 16.7. The van der Waals surface area contributed by atoms with Crippen LogP contribution in [0, 0.1) is 39.2 Å². The first-order valence-corrected chi connectivity index (χ1v) is 9.05. The van der Waals surface area contributed by atoms with Crippen LogP contribution in [0.4, 0.5) is 34.3 Å². The third-order valence-electron chi connectivity index (χ3n) is 3.78. The first-order valence-electron chi connectivity index (χ1n) is 9.05. The fourth-order valence-electron chi connectivity index (χ4n) is 2.33. The SMILES string of the molecule is F[B-](F)(F)F.N#[N+]c1ccc(C#Cc2ccc(C#Cc3ccc(N)cc3)cc2[N+](=O)[O-])cc1. The number of hydrogen-bond donors (Lipinski definition) is 1. The molecule has 0 spiro atoms. The predicted octanol–water partition coefficient (Wildman–Crippen LogP) is 5.76. The van der Waals surface area contributed by atoms with Gasteiger partial charge in [0, 0.05) is 40.6 Å². The summed E-state index contributed by atoms with van der Waals surface area (Å²) in [4.78, 5) is 14.0. The smallest absolute Gasteiger partial charge is 0.418 e. The molecule has 33 heavy (non-hydrogen) atoms. The van der Waals surface area contributed by atoms with Gasteiger partial charge in [0.15, 0.2) is 4.98 Å². The number of diazo groups is 1. The molecule has 6 nitrogen and oxygen atoms in total. The van der Waals surface area contributed by atoms with Gasteiger partial charge in [0.2, 0.25) is 5.39 Å². The Morgan fingerprint density at radius 2 is 1.27 bits per heavy atom. The maximum absolute atomic E-state index is 11.4. The van der Waals surface area contributed by atoms with Crippen molar-refractivity contribution in [1.82, 2.24) is 0 Å². The fourth-order valence-corrected chi connectivity index (χ4v) is 2.33. The third kappa shape index (κ3) is 8.83. The number of rotatable bonds is 1. The minimum atomic E-state index is -6.00. The second-order valence-corrected chi connectivity index (χ2v) is 6.25. The lowest BCUT2D eigenvalue weighted by molar-refractivity contribution is -0.385. The number of hydrogen-bond acceptors (Lipinski definition) is 4. The average Bonchev–Trinajstić information content (AvgIpc) is 2.76. The van der Waals surface area contributed by atoms with E-state index in [4.69, 9.17) is 11.1 Å². The lowest BCUT2D eigenvalue weighted by atomic mass is 10.1. The van der Waals surface area contributed by atoms with Crippen molar-refractivity contribution in [1.29, 1.82) is 5.39 Å². The number of benzene rings is 3. The molecule has 0 aliphatic rings. The van der Waals surface area contributed by atoms with Crippen molar-refractivity contribution < 1.29 is 22.2 Å². The Labute approximate surface area is 185 Å². The molecule has 0 saturated carbocycles. The summed E-state index contributed by atoms with van der Waals surface area (Å²) in [5, 5.41) is 20.1. The Bertz CT molecular complexity index is 1310. The van der Waals surface area contributed by atoms with E-state index >= 15 is 0 Å². The molecule has 0 atom stereocenters. The van der Waals surface area contributed by atoms with Crippen LogP contribution in [0.1, 0.15) is 22.3 Å². The van der Waals surface area contributed by atoms with Crippen LogP contribution in [0.15, 0.2) is 66.7 Å². The average molecular weight is 452 g/mol. The summed E-state index contributed by atoms with van der Waals surface area (Å²) in [6, 6.07) is 18.2. The number of nitro benzene ring substituents is 1. The van der Waals surface area contributed by atoms with Crippen LogP contribution < -0.4 is 5.73 Å². The molecule has 0 fully saturated rings. The van der Waals surface area contributed by atoms with Gasteiger partial charge in [-0.25, -0.2) is 0 Å². The Morgan fingerprint density at radius 3 is 1.79 bits per heavy atom. The van der Waals surface area contributed by atoms with Gasteiger partial charge in [-0.05, 0) is 48.5 Å². The molecule has 0 unspecified atom stereocenters. The molecule has 2 N–H and O–H groups in total. The number of nitrogen functional groups attached to an aromatic ring is 1. The number of halogens is 4. The number of anilines is 1. The van der Waals surface area contributed by atoms with Crippen molar-refractivity contribution >= 4 is 24.3 Å². The van der Waals surface area contributed by atoms with E-state index in [1.54, 1.807) is 60.7 Å². The predicted molar refractivity (Wildman–Crippen MR) is 117 cm³/mol. The molecule has 0 radical (unpaired) electrons. The van der Waals surface area contributed by atoms with Crippen molar-refractivity contribution in [2.75, 3.05) is 5.73 Å². The van der Waals surface area contributed by atoms with E-state index in [0.29, 0.717) is 28.1 Å². The van der Waals surface area contributed by atoms with Crippen molar-refractivity contribution in [3.05, 3.63) is 104 Å². The maximum Gasteiger partial charge on any atom is 0.673 e. The van der Waals surface area contributed by atoms with E-state index < -0.39 is 12.2 Å². The zero-order valence-electron chi connectivity index (χ0n) is 16.7. The summed E-state index contributed by atoms with van der Waals surface area (Å²) in [6.45, 7) is 0. The second kappa shape index (κ2) is 11.0. The van der Waals surface area contributed by atoms with Gasteiger partial charge in [0.05, 0.1) is 4.92 Å². The lowest BCUT2D eigenvalue weighted by Crippen LogP contribution is -2.02. The molecule has 0 amide bonds.